The maximum atomic E-state index is 13.3. The van der Waals surface area contributed by atoms with E-state index in [1.54, 1.807) is 30.3 Å². The van der Waals surface area contributed by atoms with Crippen molar-refractivity contribution in [3.8, 4) is 5.75 Å². The van der Waals surface area contributed by atoms with Crippen molar-refractivity contribution >= 4 is 10.0 Å². The van der Waals surface area contributed by atoms with Gasteiger partial charge in [-0.15, -0.1) is 0 Å². The molecule has 5 nitrogen and oxygen atoms in total. The van der Waals surface area contributed by atoms with Crippen LogP contribution in [0.15, 0.2) is 53.4 Å². The van der Waals surface area contributed by atoms with Gasteiger partial charge in [-0.3, -0.25) is 0 Å². The number of hydrogen-bond acceptors (Lipinski definition) is 4. The van der Waals surface area contributed by atoms with Gasteiger partial charge in [-0.05, 0) is 42.7 Å². The van der Waals surface area contributed by atoms with E-state index in [0.29, 0.717) is 31.8 Å². The number of para-hydroxylation sites is 1. The van der Waals surface area contributed by atoms with Crippen molar-refractivity contribution in [3.63, 3.8) is 0 Å². The topological polar surface area (TPSA) is 64.6 Å². The molecule has 0 aliphatic carbocycles. The number of methoxy groups -OCH3 is 1. The molecular formula is C19H22FNO4S. The Bertz CT molecular complexity index is 846. The van der Waals surface area contributed by atoms with Crippen LogP contribution < -0.4 is 9.46 Å². The summed E-state index contributed by atoms with van der Waals surface area (Å²) in [5.41, 5.74) is 0.478. The largest absolute Gasteiger partial charge is 0.495 e. The third kappa shape index (κ3) is 3.90. The second kappa shape index (κ2) is 7.73. The van der Waals surface area contributed by atoms with Crippen LogP contribution in [-0.4, -0.2) is 35.3 Å². The van der Waals surface area contributed by atoms with E-state index in [1.165, 1.54) is 25.3 Å². The molecule has 0 bridgehead atoms. The highest BCUT2D eigenvalue weighted by molar-refractivity contribution is 7.89. The molecule has 0 saturated carbocycles. The Morgan fingerprint density at radius 3 is 2.42 bits per heavy atom. The lowest BCUT2D eigenvalue weighted by Gasteiger charge is -2.38. The van der Waals surface area contributed by atoms with Crippen LogP contribution in [0.2, 0.25) is 0 Å². The lowest BCUT2D eigenvalue weighted by Crippen LogP contribution is -2.44. The van der Waals surface area contributed by atoms with Crippen LogP contribution in [-0.2, 0) is 20.2 Å². The normalized spacial score (nSPS) is 17.0. The number of hydrogen-bond donors (Lipinski definition) is 1. The second-order valence-electron chi connectivity index (χ2n) is 6.38. The number of sulfonamides is 1. The number of benzene rings is 2. The monoisotopic (exact) mass is 379 g/mol. The van der Waals surface area contributed by atoms with Crippen molar-refractivity contribution in [3.05, 3.63) is 59.9 Å². The van der Waals surface area contributed by atoms with E-state index in [9.17, 15) is 12.8 Å². The van der Waals surface area contributed by atoms with Crippen molar-refractivity contribution < 1.29 is 22.3 Å². The van der Waals surface area contributed by atoms with E-state index in [2.05, 4.69) is 4.72 Å². The molecule has 0 aromatic heterocycles. The zero-order valence-electron chi connectivity index (χ0n) is 14.6. The Labute approximate surface area is 153 Å². The summed E-state index contributed by atoms with van der Waals surface area (Å²) in [4.78, 5) is 0.101. The van der Waals surface area contributed by atoms with Crippen LogP contribution >= 0.6 is 0 Å². The summed E-state index contributed by atoms with van der Waals surface area (Å²) in [7, 11) is -2.31. The molecule has 2 aromatic rings. The summed E-state index contributed by atoms with van der Waals surface area (Å²) in [5.74, 6) is -0.0200. The maximum absolute atomic E-state index is 13.3. The van der Waals surface area contributed by atoms with Gasteiger partial charge in [-0.1, -0.05) is 24.3 Å². The van der Waals surface area contributed by atoms with E-state index in [0.717, 1.165) is 5.56 Å². The SMILES string of the molecule is COc1ccccc1S(=O)(=O)NCC1(c2ccc(F)cc2)CCOCC1. The van der Waals surface area contributed by atoms with Crippen molar-refractivity contribution in [2.45, 2.75) is 23.2 Å². The van der Waals surface area contributed by atoms with Gasteiger partial charge in [-0.25, -0.2) is 17.5 Å². The minimum absolute atomic E-state index is 0.101. The van der Waals surface area contributed by atoms with Crippen LogP contribution in [0.3, 0.4) is 0 Å². The predicted octanol–water partition coefficient (Wildman–Crippen LogP) is 2.86. The molecule has 0 unspecified atom stereocenters. The molecule has 1 aliphatic heterocycles. The van der Waals surface area contributed by atoms with E-state index in [4.69, 9.17) is 9.47 Å². The summed E-state index contributed by atoms with van der Waals surface area (Å²) in [6, 6.07) is 12.7. The smallest absolute Gasteiger partial charge is 0.244 e. The highest BCUT2D eigenvalue weighted by Crippen LogP contribution is 2.35. The summed E-state index contributed by atoms with van der Waals surface area (Å²) in [6.45, 7) is 1.28. The fourth-order valence-electron chi connectivity index (χ4n) is 3.28. The van der Waals surface area contributed by atoms with Crippen LogP contribution in [0.1, 0.15) is 18.4 Å². The average Bonchev–Trinajstić information content (AvgIpc) is 2.68. The molecular weight excluding hydrogens is 357 g/mol. The molecule has 1 saturated heterocycles. The lowest BCUT2D eigenvalue weighted by molar-refractivity contribution is 0.0517. The fourth-order valence-corrected chi connectivity index (χ4v) is 4.58. The predicted molar refractivity (Wildman–Crippen MR) is 96.3 cm³/mol. The second-order valence-corrected chi connectivity index (χ2v) is 8.11. The van der Waals surface area contributed by atoms with E-state index in [1.807, 2.05) is 0 Å². The first-order valence-electron chi connectivity index (χ1n) is 8.43. The number of rotatable bonds is 6. The molecule has 0 radical (unpaired) electrons. The molecule has 1 heterocycles. The van der Waals surface area contributed by atoms with Crippen molar-refractivity contribution in [2.75, 3.05) is 26.9 Å². The standard InChI is InChI=1S/C19H22FNO4S/c1-24-17-4-2-3-5-18(17)26(22,23)21-14-19(10-12-25-13-11-19)15-6-8-16(20)9-7-15/h2-9,21H,10-14H2,1H3. The maximum Gasteiger partial charge on any atom is 0.244 e. The van der Waals surface area contributed by atoms with Gasteiger partial charge in [0.1, 0.15) is 16.5 Å². The summed E-state index contributed by atoms with van der Waals surface area (Å²) in [5, 5.41) is 0. The van der Waals surface area contributed by atoms with E-state index in [-0.39, 0.29) is 17.3 Å². The summed E-state index contributed by atoms with van der Waals surface area (Å²) >= 11 is 0. The third-order valence-electron chi connectivity index (χ3n) is 4.87. The van der Waals surface area contributed by atoms with Gasteiger partial charge in [0.15, 0.2) is 0 Å². The van der Waals surface area contributed by atoms with Crippen molar-refractivity contribution in [1.82, 2.24) is 4.72 Å². The van der Waals surface area contributed by atoms with Crippen LogP contribution in [0.25, 0.3) is 0 Å². The molecule has 0 spiro atoms. The van der Waals surface area contributed by atoms with Crippen LogP contribution in [0, 0.1) is 5.82 Å². The first-order valence-corrected chi connectivity index (χ1v) is 9.92. The molecule has 1 aliphatic rings. The highest BCUT2D eigenvalue weighted by Gasteiger charge is 2.36. The molecule has 1 N–H and O–H groups in total. The van der Waals surface area contributed by atoms with Gasteiger partial charge in [-0.2, -0.15) is 0 Å². The van der Waals surface area contributed by atoms with Gasteiger partial charge in [0, 0.05) is 25.2 Å². The van der Waals surface area contributed by atoms with Gasteiger partial charge < -0.3 is 9.47 Å². The lowest BCUT2D eigenvalue weighted by atomic mass is 9.74. The van der Waals surface area contributed by atoms with Gasteiger partial charge in [0.05, 0.1) is 7.11 Å². The zero-order valence-corrected chi connectivity index (χ0v) is 15.4. The van der Waals surface area contributed by atoms with Crippen LogP contribution in [0.5, 0.6) is 5.75 Å². The zero-order chi connectivity index (χ0) is 18.6. The Hall–Kier alpha value is -1.96. The quantitative estimate of drug-likeness (QED) is 0.838. The molecule has 2 aromatic carbocycles. The first-order chi connectivity index (χ1) is 12.5. The number of ether oxygens (including phenoxy) is 2. The highest BCUT2D eigenvalue weighted by atomic mass is 32.2. The molecule has 1 fully saturated rings. The average molecular weight is 379 g/mol. The minimum atomic E-state index is -3.75. The summed E-state index contributed by atoms with van der Waals surface area (Å²) < 4.78 is 52.2. The Morgan fingerprint density at radius 2 is 1.77 bits per heavy atom. The van der Waals surface area contributed by atoms with Crippen molar-refractivity contribution in [1.29, 1.82) is 0 Å². The molecule has 0 amide bonds. The summed E-state index contributed by atoms with van der Waals surface area (Å²) in [6.07, 6.45) is 1.32. The van der Waals surface area contributed by atoms with E-state index < -0.39 is 15.4 Å². The van der Waals surface area contributed by atoms with Crippen LogP contribution in [0.4, 0.5) is 4.39 Å². The van der Waals surface area contributed by atoms with E-state index >= 15 is 0 Å². The third-order valence-corrected chi connectivity index (χ3v) is 6.31. The molecule has 3 rings (SSSR count). The Kier molecular flexibility index (Phi) is 5.60. The molecule has 0 atom stereocenters. The van der Waals surface area contributed by atoms with Gasteiger partial charge in [0.2, 0.25) is 10.0 Å². The Morgan fingerprint density at radius 1 is 1.12 bits per heavy atom. The fraction of sp³-hybridized carbons (Fsp3) is 0.368. The van der Waals surface area contributed by atoms with Crippen molar-refractivity contribution in [2.24, 2.45) is 0 Å². The van der Waals surface area contributed by atoms with Gasteiger partial charge >= 0.3 is 0 Å². The number of halogens is 1. The minimum Gasteiger partial charge on any atom is -0.495 e. The molecule has 26 heavy (non-hydrogen) atoms. The first kappa shape index (κ1) is 18.8. The number of nitrogens with one attached hydrogen (secondary N) is 1. The molecule has 140 valence electrons. The molecule has 7 heteroatoms. The Balaban J connectivity index is 1.87. The van der Waals surface area contributed by atoms with Gasteiger partial charge in [0.25, 0.3) is 0 Å².